The molecule has 3 rings (SSSR count). The highest BCUT2D eigenvalue weighted by molar-refractivity contribution is 5.90. The monoisotopic (exact) mass is 353 g/mol. The number of methoxy groups -OCH3 is 1. The van der Waals surface area contributed by atoms with Crippen molar-refractivity contribution in [2.75, 3.05) is 30.8 Å². The Morgan fingerprint density at radius 3 is 2.62 bits per heavy atom. The second-order valence-electron chi connectivity index (χ2n) is 5.42. The predicted molar refractivity (Wildman–Crippen MR) is 96.4 cm³/mol. The fourth-order valence-corrected chi connectivity index (χ4v) is 2.39. The van der Waals surface area contributed by atoms with Crippen LogP contribution in [0.25, 0.3) is 5.69 Å². The molecular formula is C17H19N7O2. The lowest BCUT2D eigenvalue weighted by Gasteiger charge is -2.10. The Balaban J connectivity index is 1.55. The lowest BCUT2D eigenvalue weighted by molar-refractivity contribution is 0.0599. The number of pyridine rings is 1. The molecule has 0 fully saturated rings. The van der Waals surface area contributed by atoms with Crippen LogP contribution in [0.3, 0.4) is 0 Å². The molecule has 26 heavy (non-hydrogen) atoms. The highest BCUT2D eigenvalue weighted by atomic mass is 16.5. The van der Waals surface area contributed by atoms with E-state index in [9.17, 15) is 4.79 Å². The number of nitrogens with one attached hydrogen (secondary N) is 2. The molecule has 0 atom stereocenters. The molecule has 0 spiro atoms. The van der Waals surface area contributed by atoms with Gasteiger partial charge in [0, 0.05) is 13.1 Å². The molecule has 134 valence electrons. The van der Waals surface area contributed by atoms with Gasteiger partial charge in [-0.3, -0.25) is 0 Å². The third-order valence-electron chi connectivity index (χ3n) is 3.68. The van der Waals surface area contributed by atoms with Crippen LogP contribution < -0.4 is 10.6 Å². The van der Waals surface area contributed by atoms with Crippen molar-refractivity contribution < 1.29 is 9.53 Å². The van der Waals surface area contributed by atoms with E-state index in [-0.39, 0.29) is 0 Å². The molecule has 1 aromatic carbocycles. The summed E-state index contributed by atoms with van der Waals surface area (Å²) in [6, 6.07) is 13.1. The van der Waals surface area contributed by atoms with Crippen LogP contribution in [0, 0.1) is 6.92 Å². The molecule has 0 amide bonds. The van der Waals surface area contributed by atoms with E-state index in [0.29, 0.717) is 36.1 Å². The summed E-state index contributed by atoms with van der Waals surface area (Å²) in [6.45, 7) is 2.96. The zero-order valence-corrected chi connectivity index (χ0v) is 14.5. The number of rotatable bonds is 7. The number of ether oxygens (including phenoxy) is 1. The topological polar surface area (TPSA) is 107 Å². The first-order valence-electron chi connectivity index (χ1n) is 8.06. The minimum absolute atomic E-state index is 0.393. The minimum atomic E-state index is -0.393. The van der Waals surface area contributed by atoms with Crippen molar-refractivity contribution in [3.63, 3.8) is 0 Å². The van der Waals surface area contributed by atoms with E-state index < -0.39 is 5.97 Å². The Labute approximate surface area is 150 Å². The number of aromatic nitrogens is 5. The second-order valence-corrected chi connectivity index (χ2v) is 5.42. The van der Waals surface area contributed by atoms with Crippen molar-refractivity contribution in [2.45, 2.75) is 6.92 Å². The summed E-state index contributed by atoms with van der Waals surface area (Å²) in [7, 11) is 1.35. The molecule has 9 nitrogen and oxygen atoms in total. The molecular weight excluding hydrogens is 334 g/mol. The van der Waals surface area contributed by atoms with Gasteiger partial charge in [-0.25, -0.2) is 9.78 Å². The Bertz CT molecular complexity index is 880. The first-order valence-corrected chi connectivity index (χ1v) is 8.06. The van der Waals surface area contributed by atoms with E-state index in [1.165, 1.54) is 7.11 Å². The van der Waals surface area contributed by atoms with Gasteiger partial charge in [0.25, 0.3) is 0 Å². The predicted octanol–water partition coefficient (Wildman–Crippen LogP) is 1.68. The molecule has 0 aliphatic carbocycles. The van der Waals surface area contributed by atoms with Gasteiger partial charge in [-0.2, -0.15) is 4.68 Å². The first kappa shape index (κ1) is 17.3. The smallest absolute Gasteiger partial charge is 0.339 e. The number of anilines is 2. The number of benzene rings is 1. The van der Waals surface area contributed by atoms with Crippen LogP contribution in [0.5, 0.6) is 0 Å². The van der Waals surface area contributed by atoms with Gasteiger partial charge in [0.15, 0.2) is 0 Å². The van der Waals surface area contributed by atoms with Crippen LogP contribution in [0.1, 0.15) is 16.1 Å². The second kappa shape index (κ2) is 8.06. The Morgan fingerprint density at radius 2 is 1.88 bits per heavy atom. The van der Waals surface area contributed by atoms with Crippen molar-refractivity contribution in [3.8, 4) is 5.69 Å². The molecule has 0 aliphatic heterocycles. The SMILES string of the molecule is COC(=O)c1ccc(NCCNc2nnnn2-c2ccccc2)nc1C. The molecule has 0 bridgehead atoms. The molecule has 2 aromatic heterocycles. The van der Waals surface area contributed by atoms with Crippen LogP contribution in [0.2, 0.25) is 0 Å². The average Bonchev–Trinajstić information content (AvgIpc) is 3.14. The quantitative estimate of drug-likeness (QED) is 0.488. The maximum atomic E-state index is 11.6. The molecule has 2 N–H and O–H groups in total. The molecule has 0 aliphatic rings. The summed E-state index contributed by atoms with van der Waals surface area (Å²) in [4.78, 5) is 15.9. The van der Waals surface area contributed by atoms with E-state index in [1.54, 1.807) is 23.7 Å². The summed E-state index contributed by atoms with van der Waals surface area (Å²) >= 11 is 0. The Hall–Kier alpha value is -3.49. The van der Waals surface area contributed by atoms with Gasteiger partial charge in [0.2, 0.25) is 5.95 Å². The van der Waals surface area contributed by atoms with E-state index >= 15 is 0 Å². The summed E-state index contributed by atoms with van der Waals surface area (Å²) in [5.41, 5.74) is 1.95. The fraction of sp³-hybridized carbons (Fsp3) is 0.235. The molecule has 3 aromatic rings. The zero-order valence-electron chi connectivity index (χ0n) is 14.5. The molecule has 0 radical (unpaired) electrons. The van der Waals surface area contributed by atoms with E-state index in [4.69, 9.17) is 4.74 Å². The first-order chi connectivity index (χ1) is 12.7. The summed E-state index contributed by atoms with van der Waals surface area (Å²) in [5.74, 6) is 0.846. The van der Waals surface area contributed by atoms with Crippen LogP contribution in [-0.2, 0) is 4.74 Å². The largest absolute Gasteiger partial charge is 0.465 e. The van der Waals surface area contributed by atoms with Crippen molar-refractivity contribution in [3.05, 3.63) is 53.7 Å². The number of carbonyl (C=O) groups is 1. The molecule has 9 heteroatoms. The minimum Gasteiger partial charge on any atom is -0.465 e. The maximum absolute atomic E-state index is 11.6. The van der Waals surface area contributed by atoms with Gasteiger partial charge in [-0.05, 0) is 41.6 Å². The fourth-order valence-electron chi connectivity index (χ4n) is 2.39. The molecule has 0 saturated heterocycles. The van der Waals surface area contributed by atoms with Crippen LogP contribution in [0.4, 0.5) is 11.8 Å². The average molecular weight is 353 g/mol. The Morgan fingerprint density at radius 1 is 1.12 bits per heavy atom. The van der Waals surface area contributed by atoms with Gasteiger partial charge in [-0.1, -0.05) is 23.3 Å². The lowest BCUT2D eigenvalue weighted by atomic mass is 10.2. The van der Waals surface area contributed by atoms with Gasteiger partial charge >= 0.3 is 5.97 Å². The number of para-hydroxylation sites is 1. The van der Waals surface area contributed by atoms with Gasteiger partial charge in [0.1, 0.15) is 5.82 Å². The van der Waals surface area contributed by atoms with E-state index in [2.05, 4.69) is 31.1 Å². The number of esters is 1. The maximum Gasteiger partial charge on any atom is 0.339 e. The summed E-state index contributed by atoms with van der Waals surface area (Å²) in [6.07, 6.45) is 0. The number of nitrogens with zero attached hydrogens (tertiary/aromatic N) is 5. The van der Waals surface area contributed by atoms with Crippen molar-refractivity contribution in [1.82, 2.24) is 25.2 Å². The highest BCUT2D eigenvalue weighted by Crippen LogP contribution is 2.12. The molecule has 2 heterocycles. The number of tetrazole rings is 1. The van der Waals surface area contributed by atoms with Crippen molar-refractivity contribution >= 4 is 17.7 Å². The van der Waals surface area contributed by atoms with Gasteiger partial charge in [0.05, 0.1) is 24.1 Å². The van der Waals surface area contributed by atoms with Gasteiger partial charge < -0.3 is 15.4 Å². The number of carbonyl (C=O) groups excluding carboxylic acids is 1. The number of aryl methyl sites for hydroxylation is 1. The van der Waals surface area contributed by atoms with Crippen molar-refractivity contribution in [2.24, 2.45) is 0 Å². The standard InChI is InChI=1S/C17H19N7O2/c1-12-14(16(25)26-2)8-9-15(20-12)18-10-11-19-17-21-22-23-24(17)13-6-4-3-5-7-13/h3-9H,10-11H2,1-2H3,(H,18,20)(H,19,21,23). The summed E-state index contributed by atoms with van der Waals surface area (Å²) in [5, 5.41) is 18.0. The zero-order chi connectivity index (χ0) is 18.4. The van der Waals surface area contributed by atoms with E-state index in [1.807, 2.05) is 30.3 Å². The van der Waals surface area contributed by atoms with Crippen LogP contribution in [-0.4, -0.2) is 51.4 Å². The number of hydrogen-bond donors (Lipinski definition) is 2. The number of hydrogen-bond acceptors (Lipinski definition) is 8. The lowest BCUT2D eigenvalue weighted by Crippen LogP contribution is -2.17. The third kappa shape index (κ3) is 3.94. The van der Waals surface area contributed by atoms with Crippen LogP contribution in [0.15, 0.2) is 42.5 Å². The summed E-state index contributed by atoms with van der Waals surface area (Å²) < 4.78 is 6.35. The molecule has 0 saturated carbocycles. The van der Waals surface area contributed by atoms with E-state index in [0.717, 1.165) is 5.69 Å². The highest BCUT2D eigenvalue weighted by Gasteiger charge is 2.10. The van der Waals surface area contributed by atoms with Gasteiger partial charge in [-0.15, -0.1) is 0 Å². The molecule has 0 unspecified atom stereocenters. The Kier molecular flexibility index (Phi) is 5.37. The normalized spacial score (nSPS) is 10.4. The van der Waals surface area contributed by atoms with Crippen molar-refractivity contribution in [1.29, 1.82) is 0 Å². The third-order valence-corrected chi connectivity index (χ3v) is 3.68. The van der Waals surface area contributed by atoms with Crippen LogP contribution >= 0.6 is 0 Å².